The summed E-state index contributed by atoms with van der Waals surface area (Å²) >= 11 is 0. The van der Waals surface area contributed by atoms with E-state index < -0.39 is 53.5 Å². The van der Waals surface area contributed by atoms with Crippen molar-refractivity contribution >= 4 is 23.9 Å². The molecule has 0 saturated heterocycles. The summed E-state index contributed by atoms with van der Waals surface area (Å²) in [4.78, 5) is 44.5. The number of rotatable bonds is 8. The number of nitrogens with zero attached hydrogens (tertiary/aromatic N) is 1. The van der Waals surface area contributed by atoms with Crippen LogP contribution in [-0.2, 0) is 19.2 Å². The zero-order chi connectivity index (χ0) is 15.6. The Kier molecular flexibility index (Phi) is 5.82. The molecule has 1 aliphatic rings. The van der Waals surface area contributed by atoms with E-state index in [-0.39, 0.29) is 19.0 Å². The predicted molar refractivity (Wildman–Crippen MR) is 67.0 cm³/mol. The third kappa shape index (κ3) is 3.47. The summed E-state index contributed by atoms with van der Waals surface area (Å²) in [7, 11) is 0. The van der Waals surface area contributed by atoms with E-state index in [0.29, 0.717) is 6.42 Å². The van der Waals surface area contributed by atoms with Crippen LogP contribution in [0.4, 0.5) is 0 Å². The molecule has 0 aromatic carbocycles. The highest BCUT2D eigenvalue weighted by Gasteiger charge is 2.63. The fraction of sp³-hybridized carbons (Fsp3) is 0.636. The van der Waals surface area contributed by atoms with Gasteiger partial charge in [0.05, 0.1) is 0 Å². The molecule has 0 amide bonds. The van der Waals surface area contributed by atoms with Gasteiger partial charge in [-0.3, -0.25) is 4.48 Å². The second kappa shape index (κ2) is 6.50. The number of hydrogen-bond donors (Lipinski definition) is 5. The summed E-state index contributed by atoms with van der Waals surface area (Å²) in [6.07, 6.45) is 0.623. The van der Waals surface area contributed by atoms with Gasteiger partial charge < -0.3 is 26.6 Å². The van der Waals surface area contributed by atoms with Crippen LogP contribution >= 0.6 is 0 Å². The van der Waals surface area contributed by atoms with Crippen LogP contribution in [-0.4, -0.2) is 74.0 Å². The first-order chi connectivity index (χ1) is 9.15. The minimum Gasteiger partial charge on any atom is -0.477 e. The summed E-state index contributed by atoms with van der Waals surface area (Å²) in [5, 5.41) is 36.2. The first-order valence-electron chi connectivity index (χ1n) is 5.90. The molecule has 120 valence electrons. The van der Waals surface area contributed by atoms with E-state index in [4.69, 9.17) is 15.3 Å². The molecule has 0 unspecified atom stereocenters. The van der Waals surface area contributed by atoms with Gasteiger partial charge in [0.25, 0.3) is 0 Å². The van der Waals surface area contributed by atoms with Crippen LogP contribution in [0.1, 0.15) is 19.3 Å². The molecule has 0 aliphatic heterocycles. The maximum atomic E-state index is 11.5. The Morgan fingerprint density at radius 1 is 0.810 bits per heavy atom. The maximum Gasteiger partial charge on any atom is 0.365 e. The lowest BCUT2D eigenvalue weighted by atomic mass is 9.73. The molecule has 10 nitrogen and oxygen atoms in total. The molecule has 0 spiro atoms. The van der Waals surface area contributed by atoms with Crippen LogP contribution in [0.2, 0.25) is 0 Å². The highest BCUT2D eigenvalue weighted by atomic mass is 16.4. The molecule has 0 bridgehead atoms. The number of quaternary nitrogens is 1. The zero-order valence-electron chi connectivity index (χ0n) is 11.3. The fourth-order valence-corrected chi connectivity index (χ4v) is 2.80. The van der Waals surface area contributed by atoms with Gasteiger partial charge in [-0.2, -0.15) is 0 Å². The predicted octanol–water partition coefficient (Wildman–Crippen LogP) is -0.774. The van der Waals surface area contributed by atoms with Gasteiger partial charge >= 0.3 is 23.9 Å². The van der Waals surface area contributed by atoms with Crippen molar-refractivity contribution in [2.24, 2.45) is 0 Å². The van der Waals surface area contributed by atoms with E-state index in [0.717, 1.165) is 0 Å². The van der Waals surface area contributed by atoms with Crippen LogP contribution in [0.3, 0.4) is 0 Å². The summed E-state index contributed by atoms with van der Waals surface area (Å²) in [6, 6.07) is 0. The quantitative estimate of drug-likeness (QED) is 0.359. The molecule has 1 aliphatic carbocycles. The monoisotopic (exact) mass is 307 g/mol. The Balaban J connectivity index is 0.00000400. The molecule has 1 rings (SSSR count). The van der Waals surface area contributed by atoms with Crippen molar-refractivity contribution in [3.05, 3.63) is 0 Å². The average molecular weight is 307 g/mol. The number of carboxylic acids is 4. The average Bonchev–Trinajstić information content (AvgIpc) is 2.09. The van der Waals surface area contributed by atoms with Crippen molar-refractivity contribution in [3.8, 4) is 0 Å². The Morgan fingerprint density at radius 3 is 1.29 bits per heavy atom. The lowest BCUT2D eigenvalue weighted by Gasteiger charge is -2.52. The van der Waals surface area contributed by atoms with Gasteiger partial charge in [0.2, 0.25) is 0 Å². The molecule has 0 atom stereocenters. The maximum absolute atomic E-state index is 11.5. The van der Waals surface area contributed by atoms with Crippen LogP contribution in [0, 0.1) is 0 Å². The van der Waals surface area contributed by atoms with E-state index in [1.165, 1.54) is 0 Å². The van der Waals surface area contributed by atoms with Gasteiger partial charge in [-0.05, 0) is 6.42 Å². The zero-order valence-corrected chi connectivity index (χ0v) is 11.3. The highest BCUT2D eigenvalue weighted by Crippen LogP contribution is 2.43. The summed E-state index contributed by atoms with van der Waals surface area (Å²) in [5.41, 5.74) is -1.66. The van der Waals surface area contributed by atoms with Crippen molar-refractivity contribution in [1.82, 2.24) is 6.15 Å². The third-order valence-electron chi connectivity index (χ3n) is 3.80. The van der Waals surface area contributed by atoms with Crippen molar-refractivity contribution in [2.75, 3.05) is 19.6 Å². The lowest BCUT2D eigenvalue weighted by molar-refractivity contribution is -0.954. The standard InChI is InChI=1S/C11H15NO8.H3N/c13-7(14)4-12(5-8(15)16,6-9(17)18)11(10(19)20)2-1-3-11;/h1-6H2,(H3-,13,14,15,16,17,18,19,20);1H3/p+1. The van der Waals surface area contributed by atoms with E-state index in [1.54, 1.807) is 0 Å². The first kappa shape index (κ1) is 18.8. The van der Waals surface area contributed by atoms with Gasteiger partial charge in [-0.15, -0.1) is 0 Å². The van der Waals surface area contributed by atoms with Gasteiger partial charge in [0, 0.05) is 12.8 Å². The molecule has 0 aromatic heterocycles. The van der Waals surface area contributed by atoms with Crippen molar-refractivity contribution in [3.63, 3.8) is 0 Å². The van der Waals surface area contributed by atoms with Crippen LogP contribution in [0.25, 0.3) is 0 Å². The Morgan fingerprint density at radius 2 is 1.14 bits per heavy atom. The number of hydrogen-bond acceptors (Lipinski definition) is 5. The third-order valence-corrected chi connectivity index (χ3v) is 3.80. The second-order valence-electron chi connectivity index (χ2n) is 4.99. The van der Waals surface area contributed by atoms with Crippen LogP contribution in [0.5, 0.6) is 0 Å². The Labute approximate surface area is 119 Å². The fourth-order valence-electron chi connectivity index (χ4n) is 2.80. The van der Waals surface area contributed by atoms with Gasteiger partial charge in [0.1, 0.15) is 0 Å². The molecule has 1 fully saturated rings. The molecule has 1 saturated carbocycles. The lowest BCUT2D eigenvalue weighted by Crippen LogP contribution is -2.74. The number of aliphatic carboxylic acids is 4. The minimum absolute atomic E-state index is 0. The van der Waals surface area contributed by atoms with Crippen molar-refractivity contribution in [2.45, 2.75) is 24.8 Å². The topological polar surface area (TPSA) is 184 Å². The molecule has 7 N–H and O–H groups in total. The van der Waals surface area contributed by atoms with Crippen molar-refractivity contribution in [1.29, 1.82) is 0 Å². The molecule has 0 heterocycles. The Hall–Kier alpha value is -2.20. The summed E-state index contributed by atoms with van der Waals surface area (Å²) in [5.74, 6) is -5.65. The van der Waals surface area contributed by atoms with E-state index in [1.807, 2.05) is 0 Å². The molecule has 10 heteroatoms. The summed E-state index contributed by atoms with van der Waals surface area (Å²) < 4.78 is -1.01. The normalized spacial score (nSPS) is 16.2. The molecule has 0 aromatic rings. The van der Waals surface area contributed by atoms with Crippen molar-refractivity contribution < 1.29 is 44.1 Å². The SMILES string of the molecule is N.O=C(O)C[N+](CC(=O)O)(CC(=O)O)C1(C(=O)O)CCC1. The first-order valence-corrected chi connectivity index (χ1v) is 5.90. The number of carbonyl (C=O) groups is 4. The van der Waals surface area contributed by atoms with Gasteiger partial charge in [-0.1, -0.05) is 0 Å². The molecule has 21 heavy (non-hydrogen) atoms. The van der Waals surface area contributed by atoms with Crippen LogP contribution in [0.15, 0.2) is 0 Å². The van der Waals surface area contributed by atoms with E-state index >= 15 is 0 Å². The largest absolute Gasteiger partial charge is 0.477 e. The second-order valence-corrected chi connectivity index (χ2v) is 4.99. The molecular weight excluding hydrogens is 288 g/mol. The highest BCUT2D eigenvalue weighted by molar-refractivity contribution is 5.81. The minimum atomic E-state index is -1.66. The molecule has 0 radical (unpaired) electrons. The Bertz CT molecular complexity index is 416. The summed E-state index contributed by atoms with van der Waals surface area (Å²) in [6.45, 7) is -2.57. The van der Waals surface area contributed by atoms with Gasteiger partial charge in [-0.25, -0.2) is 19.2 Å². The van der Waals surface area contributed by atoms with E-state index in [9.17, 15) is 24.3 Å². The number of carboxylic acid groups (broad SMARTS) is 4. The van der Waals surface area contributed by atoms with E-state index in [2.05, 4.69) is 0 Å². The van der Waals surface area contributed by atoms with Crippen LogP contribution < -0.4 is 6.15 Å². The smallest absolute Gasteiger partial charge is 0.365 e. The van der Waals surface area contributed by atoms with Gasteiger partial charge in [0.15, 0.2) is 25.2 Å². The molecular formula is C11H19N2O8+.